The zero-order chi connectivity index (χ0) is 10.7. The number of amides is 1. The van der Waals surface area contributed by atoms with Crippen molar-refractivity contribution in [2.24, 2.45) is 5.73 Å². The molecular weight excluding hydrogens is 297 g/mol. The van der Waals surface area contributed by atoms with Gasteiger partial charge in [0.2, 0.25) is 5.88 Å². The number of halogens is 1. The van der Waals surface area contributed by atoms with Crippen LogP contribution in [0.3, 0.4) is 0 Å². The molecule has 1 heterocycles. The molecule has 0 aromatic carbocycles. The van der Waals surface area contributed by atoms with Gasteiger partial charge >= 0.3 is 0 Å². The number of nitrogens with zero attached hydrogens (tertiary/aromatic N) is 2. The molecule has 0 saturated carbocycles. The highest BCUT2D eigenvalue weighted by Gasteiger charge is 2.09. The third-order valence-corrected chi connectivity index (χ3v) is 2.69. The summed E-state index contributed by atoms with van der Waals surface area (Å²) in [6.45, 7) is 3.46. The van der Waals surface area contributed by atoms with Crippen molar-refractivity contribution in [3.8, 4) is 5.88 Å². The first-order chi connectivity index (χ1) is 6.50. The molecule has 0 fully saturated rings. The molecule has 1 amide bonds. The van der Waals surface area contributed by atoms with E-state index >= 15 is 0 Å². The number of rotatable bonds is 3. The van der Waals surface area contributed by atoms with E-state index in [9.17, 15) is 4.79 Å². The number of carbonyl (C=O) groups is 1. The molecule has 0 unspecified atom stereocenters. The lowest BCUT2D eigenvalue weighted by atomic mass is 10.4. The van der Waals surface area contributed by atoms with Gasteiger partial charge in [0, 0.05) is 0 Å². The third-order valence-electron chi connectivity index (χ3n) is 1.45. The topological polar surface area (TPSA) is 78.1 Å². The van der Waals surface area contributed by atoms with Crippen molar-refractivity contribution >= 4 is 28.5 Å². The summed E-state index contributed by atoms with van der Waals surface area (Å²) in [6, 6.07) is 0. The van der Waals surface area contributed by atoms with Crippen LogP contribution in [0.2, 0.25) is 0 Å². The van der Waals surface area contributed by atoms with Crippen LogP contribution in [0.1, 0.15) is 11.5 Å². The van der Waals surface area contributed by atoms with Crippen molar-refractivity contribution < 1.29 is 9.53 Å². The van der Waals surface area contributed by atoms with Crippen LogP contribution < -0.4 is 10.5 Å². The Bertz CT molecular complexity index is 368. The second-order valence-corrected chi connectivity index (χ2v) is 3.81. The maximum atomic E-state index is 10.5. The lowest BCUT2D eigenvalue weighted by Crippen LogP contribution is -2.21. The fourth-order valence-corrected chi connectivity index (χ4v) is 1.30. The Kier molecular flexibility index (Phi) is 3.62. The molecular formula is C8H10IN3O2. The van der Waals surface area contributed by atoms with E-state index in [1.54, 1.807) is 6.92 Å². The molecule has 0 aliphatic rings. The molecule has 0 atom stereocenters. The fourth-order valence-electron chi connectivity index (χ4n) is 0.903. The van der Waals surface area contributed by atoms with E-state index in [4.69, 9.17) is 10.5 Å². The predicted molar refractivity (Wildman–Crippen MR) is 58.9 cm³/mol. The van der Waals surface area contributed by atoms with Crippen molar-refractivity contribution in [2.45, 2.75) is 13.8 Å². The molecule has 1 aromatic heterocycles. The number of ether oxygens (including phenoxy) is 1. The van der Waals surface area contributed by atoms with E-state index in [1.165, 1.54) is 0 Å². The zero-order valence-corrected chi connectivity index (χ0v) is 10.0. The minimum atomic E-state index is -0.519. The maximum Gasteiger partial charge on any atom is 0.255 e. The van der Waals surface area contributed by atoms with Gasteiger partial charge in [0.05, 0.1) is 9.26 Å². The minimum Gasteiger partial charge on any atom is -0.467 e. The van der Waals surface area contributed by atoms with Crippen LogP contribution in [0.5, 0.6) is 5.88 Å². The second-order valence-electron chi connectivity index (χ2n) is 2.73. The summed E-state index contributed by atoms with van der Waals surface area (Å²) < 4.78 is 5.93. The molecule has 1 rings (SSSR count). The van der Waals surface area contributed by atoms with E-state index in [2.05, 4.69) is 32.6 Å². The van der Waals surface area contributed by atoms with Gasteiger partial charge in [0.1, 0.15) is 5.82 Å². The van der Waals surface area contributed by atoms with Gasteiger partial charge in [-0.25, -0.2) is 4.98 Å². The molecule has 2 N–H and O–H groups in total. The maximum absolute atomic E-state index is 10.5. The molecule has 0 saturated heterocycles. The van der Waals surface area contributed by atoms with E-state index in [1.807, 2.05) is 6.92 Å². The highest BCUT2D eigenvalue weighted by Crippen LogP contribution is 2.20. The van der Waals surface area contributed by atoms with Gasteiger partial charge in [0.15, 0.2) is 6.61 Å². The fraction of sp³-hybridized carbons (Fsp3) is 0.375. The predicted octanol–water partition coefficient (Wildman–Crippen LogP) is 0.562. The van der Waals surface area contributed by atoms with Crippen LogP contribution in [-0.2, 0) is 4.79 Å². The van der Waals surface area contributed by atoms with Gasteiger partial charge in [-0.2, -0.15) is 4.98 Å². The van der Waals surface area contributed by atoms with Gasteiger partial charge in [-0.3, -0.25) is 4.79 Å². The number of aryl methyl sites for hydroxylation is 2. The summed E-state index contributed by atoms with van der Waals surface area (Å²) in [5, 5.41) is 0. The van der Waals surface area contributed by atoms with Crippen LogP contribution in [0.25, 0.3) is 0 Å². The Balaban J connectivity index is 2.90. The number of aromatic nitrogens is 2. The first-order valence-corrected chi connectivity index (χ1v) is 5.00. The van der Waals surface area contributed by atoms with Crippen molar-refractivity contribution in [3.63, 3.8) is 0 Å². The Morgan fingerprint density at radius 2 is 2.14 bits per heavy atom. The quantitative estimate of drug-likeness (QED) is 0.828. The highest BCUT2D eigenvalue weighted by molar-refractivity contribution is 14.1. The standard InChI is InChI=1S/C8H10IN3O2/c1-4-7(9)8(12-5(2)11-4)14-3-6(10)13/h3H2,1-2H3,(H2,10,13). The lowest BCUT2D eigenvalue weighted by molar-refractivity contribution is -0.120. The minimum absolute atomic E-state index is 0.161. The number of primary amides is 1. The number of carbonyl (C=O) groups excluding carboxylic acids is 1. The summed E-state index contributed by atoms with van der Waals surface area (Å²) >= 11 is 2.07. The van der Waals surface area contributed by atoms with Crippen molar-refractivity contribution in [1.29, 1.82) is 0 Å². The molecule has 0 aliphatic heterocycles. The van der Waals surface area contributed by atoms with E-state index in [0.717, 1.165) is 9.26 Å². The van der Waals surface area contributed by atoms with E-state index < -0.39 is 5.91 Å². The monoisotopic (exact) mass is 307 g/mol. The van der Waals surface area contributed by atoms with E-state index in [-0.39, 0.29) is 6.61 Å². The van der Waals surface area contributed by atoms with E-state index in [0.29, 0.717) is 11.7 Å². The van der Waals surface area contributed by atoms with Crippen molar-refractivity contribution in [1.82, 2.24) is 9.97 Å². The van der Waals surface area contributed by atoms with Gasteiger partial charge in [-0.05, 0) is 36.4 Å². The van der Waals surface area contributed by atoms with Gasteiger partial charge < -0.3 is 10.5 Å². The molecule has 0 radical (unpaired) electrons. The zero-order valence-electron chi connectivity index (χ0n) is 7.87. The SMILES string of the molecule is Cc1nc(C)c(I)c(OCC(N)=O)n1. The first kappa shape index (κ1) is 11.2. The Morgan fingerprint density at radius 3 is 2.71 bits per heavy atom. The molecule has 0 bridgehead atoms. The third kappa shape index (κ3) is 2.79. The largest absolute Gasteiger partial charge is 0.467 e. The highest BCUT2D eigenvalue weighted by atomic mass is 127. The van der Waals surface area contributed by atoms with Gasteiger partial charge in [0.25, 0.3) is 5.91 Å². The molecule has 14 heavy (non-hydrogen) atoms. The van der Waals surface area contributed by atoms with Crippen LogP contribution in [0, 0.1) is 17.4 Å². The summed E-state index contributed by atoms with van der Waals surface area (Å²) in [5.74, 6) is 0.506. The average molecular weight is 307 g/mol. The molecule has 5 nitrogen and oxygen atoms in total. The van der Waals surface area contributed by atoms with Crippen molar-refractivity contribution in [2.75, 3.05) is 6.61 Å². The van der Waals surface area contributed by atoms with Crippen LogP contribution in [-0.4, -0.2) is 22.5 Å². The number of hydrogen-bond acceptors (Lipinski definition) is 4. The second kappa shape index (κ2) is 4.54. The smallest absolute Gasteiger partial charge is 0.255 e. The Hall–Kier alpha value is -0.920. The van der Waals surface area contributed by atoms with Gasteiger partial charge in [-0.15, -0.1) is 0 Å². The lowest BCUT2D eigenvalue weighted by Gasteiger charge is -2.07. The molecule has 0 spiro atoms. The summed E-state index contributed by atoms with van der Waals surface area (Å²) in [4.78, 5) is 18.7. The van der Waals surface area contributed by atoms with Crippen LogP contribution in [0.4, 0.5) is 0 Å². The Labute approximate surface area is 95.2 Å². The summed E-state index contributed by atoms with van der Waals surface area (Å²) in [6.07, 6.45) is 0. The number of hydrogen-bond donors (Lipinski definition) is 1. The number of nitrogens with two attached hydrogens (primary N) is 1. The Morgan fingerprint density at radius 1 is 1.50 bits per heavy atom. The normalized spacial score (nSPS) is 9.93. The molecule has 0 aliphatic carbocycles. The van der Waals surface area contributed by atoms with Crippen LogP contribution in [0.15, 0.2) is 0 Å². The van der Waals surface area contributed by atoms with Crippen LogP contribution >= 0.6 is 22.6 Å². The average Bonchev–Trinajstić information content (AvgIpc) is 2.08. The van der Waals surface area contributed by atoms with Crippen molar-refractivity contribution in [3.05, 3.63) is 15.1 Å². The van der Waals surface area contributed by atoms with Gasteiger partial charge in [-0.1, -0.05) is 0 Å². The first-order valence-electron chi connectivity index (χ1n) is 3.92. The molecule has 76 valence electrons. The summed E-state index contributed by atoms with van der Waals surface area (Å²) in [5.41, 5.74) is 5.79. The molecule has 6 heteroatoms. The summed E-state index contributed by atoms with van der Waals surface area (Å²) in [7, 11) is 0. The molecule has 1 aromatic rings.